The molecule has 118 valence electrons. The first-order chi connectivity index (χ1) is 11.1. The summed E-state index contributed by atoms with van der Waals surface area (Å²) in [6.07, 6.45) is 0. The van der Waals surface area contributed by atoms with Crippen molar-refractivity contribution in [1.82, 2.24) is 5.32 Å². The first-order valence-electron chi connectivity index (χ1n) is 7.21. The highest BCUT2D eigenvalue weighted by molar-refractivity contribution is 5.97. The van der Waals surface area contributed by atoms with Gasteiger partial charge in [-0.3, -0.25) is 4.79 Å². The maximum absolute atomic E-state index is 13.4. The fourth-order valence-electron chi connectivity index (χ4n) is 2.42. The van der Waals surface area contributed by atoms with E-state index in [9.17, 15) is 9.18 Å². The molecule has 0 saturated heterocycles. The second kappa shape index (κ2) is 6.12. The van der Waals surface area contributed by atoms with Crippen LogP contribution in [0.4, 0.5) is 4.39 Å². The molecule has 1 atom stereocenters. The molecule has 3 rings (SSSR count). The second-order valence-corrected chi connectivity index (χ2v) is 5.23. The summed E-state index contributed by atoms with van der Waals surface area (Å²) in [6, 6.07) is 13.0. The van der Waals surface area contributed by atoms with Gasteiger partial charge in [-0.2, -0.15) is 0 Å². The lowest BCUT2D eigenvalue weighted by Crippen LogP contribution is -2.26. The molecule has 4 nitrogen and oxygen atoms in total. The van der Waals surface area contributed by atoms with Gasteiger partial charge in [0.05, 0.1) is 18.7 Å². The summed E-state index contributed by atoms with van der Waals surface area (Å²) in [5.41, 5.74) is 0.905. The maximum atomic E-state index is 13.4. The lowest BCUT2D eigenvalue weighted by atomic mass is 10.1. The van der Waals surface area contributed by atoms with Crippen molar-refractivity contribution in [2.24, 2.45) is 0 Å². The highest BCUT2D eigenvalue weighted by Gasteiger charge is 2.18. The van der Waals surface area contributed by atoms with Crippen LogP contribution in [0.15, 0.2) is 52.9 Å². The number of carbonyl (C=O) groups excluding carboxylic acids is 1. The van der Waals surface area contributed by atoms with E-state index in [1.807, 2.05) is 30.3 Å². The van der Waals surface area contributed by atoms with Crippen LogP contribution in [-0.4, -0.2) is 13.0 Å². The topological polar surface area (TPSA) is 51.5 Å². The zero-order valence-corrected chi connectivity index (χ0v) is 12.8. The Balaban J connectivity index is 1.83. The number of methoxy groups -OCH3 is 1. The summed E-state index contributed by atoms with van der Waals surface area (Å²) in [6.45, 7) is 1.81. The molecule has 0 aliphatic carbocycles. The molecule has 0 spiro atoms. The fraction of sp³-hybridized carbons (Fsp3) is 0.167. The maximum Gasteiger partial charge on any atom is 0.255 e. The quantitative estimate of drug-likeness (QED) is 0.790. The van der Waals surface area contributed by atoms with Gasteiger partial charge in [0, 0.05) is 5.39 Å². The molecule has 3 aromatic rings. The number of hydrogen-bond donors (Lipinski definition) is 1. The predicted octanol–water partition coefficient (Wildman–Crippen LogP) is 4.07. The molecule has 23 heavy (non-hydrogen) atoms. The Morgan fingerprint density at radius 2 is 2.00 bits per heavy atom. The Morgan fingerprint density at radius 1 is 1.22 bits per heavy atom. The molecule has 1 N–H and O–H groups in total. The largest absolute Gasteiger partial charge is 0.496 e. The number of carbonyl (C=O) groups is 1. The van der Waals surface area contributed by atoms with E-state index < -0.39 is 11.7 Å². The smallest absolute Gasteiger partial charge is 0.255 e. The highest BCUT2D eigenvalue weighted by Crippen LogP contribution is 2.25. The van der Waals surface area contributed by atoms with Crippen molar-refractivity contribution in [3.63, 3.8) is 0 Å². The molecule has 2 aromatic carbocycles. The fourth-order valence-corrected chi connectivity index (χ4v) is 2.42. The summed E-state index contributed by atoms with van der Waals surface area (Å²) >= 11 is 0. The van der Waals surface area contributed by atoms with E-state index in [2.05, 4.69) is 5.32 Å². The van der Waals surface area contributed by atoms with E-state index in [0.29, 0.717) is 11.5 Å². The Hall–Kier alpha value is -2.82. The van der Waals surface area contributed by atoms with E-state index in [0.717, 1.165) is 17.0 Å². The third-order valence-electron chi connectivity index (χ3n) is 3.63. The minimum Gasteiger partial charge on any atom is -0.496 e. The molecule has 1 aromatic heterocycles. The van der Waals surface area contributed by atoms with Crippen molar-refractivity contribution in [3.8, 4) is 5.75 Å². The molecule has 1 unspecified atom stereocenters. The Morgan fingerprint density at radius 3 is 2.74 bits per heavy atom. The number of ether oxygens (including phenoxy) is 1. The zero-order chi connectivity index (χ0) is 16.4. The summed E-state index contributed by atoms with van der Waals surface area (Å²) in [7, 11) is 1.44. The van der Waals surface area contributed by atoms with E-state index in [1.165, 1.54) is 19.2 Å². The molecule has 1 amide bonds. The number of para-hydroxylation sites is 1. The zero-order valence-electron chi connectivity index (χ0n) is 12.8. The lowest BCUT2D eigenvalue weighted by molar-refractivity contribution is 0.0932. The molecule has 0 aliphatic rings. The first-order valence-corrected chi connectivity index (χ1v) is 7.21. The Kier molecular flexibility index (Phi) is 4.02. The normalized spacial score (nSPS) is 12.1. The van der Waals surface area contributed by atoms with Gasteiger partial charge < -0.3 is 14.5 Å². The summed E-state index contributed by atoms with van der Waals surface area (Å²) in [5.74, 6) is 0.0391. The second-order valence-electron chi connectivity index (χ2n) is 5.23. The van der Waals surface area contributed by atoms with Crippen LogP contribution >= 0.6 is 0 Å². The third-order valence-corrected chi connectivity index (χ3v) is 3.63. The van der Waals surface area contributed by atoms with Crippen molar-refractivity contribution >= 4 is 16.9 Å². The lowest BCUT2D eigenvalue weighted by Gasteiger charge is -2.13. The van der Waals surface area contributed by atoms with Crippen molar-refractivity contribution in [2.75, 3.05) is 7.11 Å². The van der Waals surface area contributed by atoms with Crippen LogP contribution in [0.3, 0.4) is 0 Å². The Labute approximate surface area is 132 Å². The standard InChI is InChI=1S/C18H16FNO3/c1-11(17-9-12-5-3-4-6-15(12)23-17)20-18(21)14-10-13(19)7-8-16(14)22-2/h3-11H,1-2H3,(H,20,21). The van der Waals surface area contributed by atoms with Gasteiger partial charge in [-0.1, -0.05) is 18.2 Å². The SMILES string of the molecule is COc1ccc(F)cc1C(=O)NC(C)c1cc2ccccc2o1. The summed E-state index contributed by atoms with van der Waals surface area (Å²) in [5, 5.41) is 3.76. The molecule has 0 fully saturated rings. The van der Waals surface area contributed by atoms with E-state index in [-0.39, 0.29) is 11.6 Å². The minimum absolute atomic E-state index is 0.149. The van der Waals surface area contributed by atoms with Crippen LogP contribution in [-0.2, 0) is 0 Å². The van der Waals surface area contributed by atoms with Crippen LogP contribution < -0.4 is 10.1 Å². The van der Waals surface area contributed by atoms with Gasteiger partial charge in [-0.25, -0.2) is 4.39 Å². The average Bonchev–Trinajstić information content (AvgIpc) is 2.99. The van der Waals surface area contributed by atoms with Gasteiger partial charge in [0.15, 0.2) is 0 Å². The van der Waals surface area contributed by atoms with Gasteiger partial charge in [0.1, 0.15) is 22.9 Å². The van der Waals surface area contributed by atoms with Crippen LogP contribution in [0.25, 0.3) is 11.0 Å². The summed E-state index contributed by atoms with van der Waals surface area (Å²) in [4.78, 5) is 12.4. The van der Waals surface area contributed by atoms with E-state index in [4.69, 9.17) is 9.15 Å². The monoisotopic (exact) mass is 313 g/mol. The number of hydrogen-bond acceptors (Lipinski definition) is 3. The number of amides is 1. The predicted molar refractivity (Wildman–Crippen MR) is 85.0 cm³/mol. The molecule has 0 saturated carbocycles. The van der Waals surface area contributed by atoms with Crippen molar-refractivity contribution in [2.45, 2.75) is 13.0 Å². The van der Waals surface area contributed by atoms with E-state index >= 15 is 0 Å². The molecule has 0 radical (unpaired) electrons. The highest BCUT2D eigenvalue weighted by atomic mass is 19.1. The van der Waals surface area contributed by atoms with Crippen LogP contribution in [0.5, 0.6) is 5.75 Å². The van der Waals surface area contributed by atoms with Gasteiger partial charge in [-0.05, 0) is 37.3 Å². The number of fused-ring (bicyclic) bond motifs is 1. The summed E-state index contributed by atoms with van der Waals surface area (Å²) < 4.78 is 24.2. The number of benzene rings is 2. The molecular formula is C18H16FNO3. The number of nitrogens with one attached hydrogen (secondary N) is 1. The average molecular weight is 313 g/mol. The van der Waals surface area contributed by atoms with Crippen LogP contribution in [0.2, 0.25) is 0 Å². The van der Waals surface area contributed by atoms with Crippen LogP contribution in [0.1, 0.15) is 29.1 Å². The van der Waals surface area contributed by atoms with Gasteiger partial charge >= 0.3 is 0 Å². The Bertz CT molecular complexity index is 823. The molecule has 5 heteroatoms. The van der Waals surface area contributed by atoms with Crippen molar-refractivity contribution in [3.05, 3.63) is 65.7 Å². The van der Waals surface area contributed by atoms with Gasteiger partial charge in [-0.15, -0.1) is 0 Å². The van der Waals surface area contributed by atoms with Crippen LogP contribution in [0, 0.1) is 5.82 Å². The van der Waals surface area contributed by atoms with Gasteiger partial charge in [0.25, 0.3) is 5.91 Å². The van der Waals surface area contributed by atoms with Crippen molar-refractivity contribution < 1.29 is 18.3 Å². The van der Waals surface area contributed by atoms with Crippen molar-refractivity contribution in [1.29, 1.82) is 0 Å². The molecule has 0 aliphatic heterocycles. The molecular weight excluding hydrogens is 297 g/mol. The number of halogens is 1. The van der Waals surface area contributed by atoms with Gasteiger partial charge in [0.2, 0.25) is 0 Å². The third kappa shape index (κ3) is 3.04. The molecule has 1 heterocycles. The first kappa shape index (κ1) is 15.1. The van der Waals surface area contributed by atoms with E-state index in [1.54, 1.807) is 6.92 Å². The minimum atomic E-state index is -0.493. The number of rotatable bonds is 4. The number of furan rings is 1. The molecule has 0 bridgehead atoms.